The van der Waals surface area contributed by atoms with E-state index in [4.69, 9.17) is 14.2 Å². The fourth-order valence-corrected chi connectivity index (χ4v) is 3.58. The molecule has 1 aromatic carbocycles. The maximum Gasteiger partial charge on any atom is 0.342 e. The maximum absolute atomic E-state index is 12.2. The molecule has 0 saturated carbocycles. The van der Waals surface area contributed by atoms with Gasteiger partial charge in [0.1, 0.15) is 35.5 Å². The van der Waals surface area contributed by atoms with Gasteiger partial charge in [-0.25, -0.2) is 14.3 Å². The van der Waals surface area contributed by atoms with Crippen molar-refractivity contribution in [2.75, 3.05) is 14.2 Å². The van der Waals surface area contributed by atoms with Crippen LogP contribution in [0.1, 0.15) is 22.0 Å². The highest BCUT2D eigenvalue weighted by atomic mass is 32.1. The van der Waals surface area contributed by atoms with Crippen molar-refractivity contribution in [2.45, 2.75) is 13.5 Å². The number of fused-ring (bicyclic) bond motifs is 1. The van der Waals surface area contributed by atoms with Gasteiger partial charge in [-0.05, 0) is 19.1 Å². The van der Waals surface area contributed by atoms with Crippen LogP contribution >= 0.6 is 11.3 Å². The third-order valence-corrected chi connectivity index (χ3v) is 4.76. The van der Waals surface area contributed by atoms with E-state index in [1.165, 1.54) is 31.8 Å². The monoisotopic (exact) mass is 384 g/mol. The zero-order valence-electron chi connectivity index (χ0n) is 14.9. The van der Waals surface area contributed by atoms with E-state index < -0.39 is 5.97 Å². The molecule has 0 spiro atoms. The number of hydrogen-bond donors (Lipinski definition) is 0. The van der Waals surface area contributed by atoms with Crippen LogP contribution in [0.5, 0.6) is 5.75 Å². The van der Waals surface area contributed by atoms with Gasteiger partial charge < -0.3 is 14.2 Å². The van der Waals surface area contributed by atoms with E-state index in [0.717, 1.165) is 0 Å². The number of carbonyl (C=O) groups excluding carboxylic acids is 1. The number of benzene rings is 1. The standard InChI is InChI=1S/C18H16N4O4S/c1-11-20-18-22(21-11)14(10-26-15-7-5-4-6-12(15)8-19)16(27-18)13(9-24-2)17(23)25-3/h4-7,9H,10H2,1-3H3/b13-9+. The molecule has 9 heteroatoms. The van der Waals surface area contributed by atoms with E-state index >= 15 is 0 Å². The average molecular weight is 384 g/mol. The number of rotatable bonds is 6. The van der Waals surface area contributed by atoms with Gasteiger partial charge >= 0.3 is 5.97 Å². The van der Waals surface area contributed by atoms with Crippen LogP contribution in [-0.2, 0) is 20.9 Å². The lowest BCUT2D eigenvalue weighted by Gasteiger charge is -2.10. The SMILES string of the molecule is CO/C=C(/C(=O)OC)c1sc2nc(C)nn2c1COc1ccccc1C#N. The van der Waals surface area contributed by atoms with Crippen LogP contribution in [0.4, 0.5) is 0 Å². The summed E-state index contributed by atoms with van der Waals surface area (Å²) in [5.41, 5.74) is 1.26. The lowest BCUT2D eigenvalue weighted by molar-refractivity contribution is -0.133. The van der Waals surface area contributed by atoms with Crippen molar-refractivity contribution < 1.29 is 19.0 Å². The van der Waals surface area contributed by atoms with Crippen LogP contribution < -0.4 is 4.74 Å². The molecule has 0 bridgehead atoms. The number of hydrogen-bond acceptors (Lipinski definition) is 8. The molecule has 0 atom stereocenters. The third-order valence-electron chi connectivity index (χ3n) is 3.65. The second-order valence-corrected chi connectivity index (χ2v) is 6.36. The van der Waals surface area contributed by atoms with Gasteiger partial charge in [0.2, 0.25) is 4.96 Å². The molecule has 2 heterocycles. The smallest absolute Gasteiger partial charge is 0.342 e. The highest BCUT2D eigenvalue weighted by molar-refractivity contribution is 7.18. The molecule has 2 aromatic heterocycles. The van der Waals surface area contributed by atoms with Gasteiger partial charge in [-0.15, -0.1) is 0 Å². The Morgan fingerprint density at radius 3 is 2.85 bits per heavy atom. The summed E-state index contributed by atoms with van der Waals surface area (Å²) in [6.07, 6.45) is 1.32. The van der Waals surface area contributed by atoms with Crippen LogP contribution in [0.2, 0.25) is 0 Å². The Morgan fingerprint density at radius 1 is 1.37 bits per heavy atom. The van der Waals surface area contributed by atoms with Crippen LogP contribution in [-0.4, -0.2) is 34.8 Å². The van der Waals surface area contributed by atoms with Crippen molar-refractivity contribution in [3.8, 4) is 11.8 Å². The van der Waals surface area contributed by atoms with Gasteiger partial charge in [0, 0.05) is 0 Å². The van der Waals surface area contributed by atoms with Crippen molar-refractivity contribution in [3.63, 3.8) is 0 Å². The minimum atomic E-state index is -0.545. The first kappa shape index (κ1) is 18.4. The molecule has 8 nitrogen and oxygen atoms in total. The molecule has 0 radical (unpaired) electrons. The number of aromatic nitrogens is 3. The summed E-state index contributed by atoms with van der Waals surface area (Å²) in [7, 11) is 2.75. The molecule has 27 heavy (non-hydrogen) atoms. The van der Waals surface area contributed by atoms with Gasteiger partial charge in [-0.2, -0.15) is 10.4 Å². The number of thiazole rings is 1. The summed E-state index contributed by atoms with van der Waals surface area (Å²) < 4.78 is 17.4. The molecule has 0 fully saturated rings. The highest BCUT2D eigenvalue weighted by Gasteiger charge is 2.24. The fourth-order valence-electron chi connectivity index (χ4n) is 2.47. The number of aryl methyl sites for hydroxylation is 1. The van der Waals surface area contributed by atoms with Crippen molar-refractivity contribution in [1.82, 2.24) is 14.6 Å². The maximum atomic E-state index is 12.2. The summed E-state index contributed by atoms with van der Waals surface area (Å²) in [6.45, 7) is 1.86. The largest absolute Gasteiger partial charge is 0.503 e. The zero-order valence-corrected chi connectivity index (χ0v) is 15.7. The Hall–Kier alpha value is -3.38. The summed E-state index contributed by atoms with van der Waals surface area (Å²) in [5, 5.41) is 13.6. The van der Waals surface area contributed by atoms with Crippen LogP contribution in [0.3, 0.4) is 0 Å². The van der Waals surface area contributed by atoms with E-state index in [1.807, 2.05) is 0 Å². The molecule has 3 rings (SSSR count). The molecule has 0 unspecified atom stereocenters. The summed E-state index contributed by atoms with van der Waals surface area (Å²) in [5.74, 6) is 0.496. The van der Waals surface area contributed by atoms with Crippen LogP contribution in [0, 0.1) is 18.3 Å². The zero-order chi connectivity index (χ0) is 19.4. The average Bonchev–Trinajstić information content (AvgIpc) is 3.20. The first-order valence-corrected chi connectivity index (χ1v) is 8.69. The number of carbonyl (C=O) groups is 1. The van der Waals surface area contributed by atoms with E-state index in [1.54, 1.807) is 35.7 Å². The Kier molecular flexibility index (Phi) is 5.38. The molecule has 0 aliphatic rings. The van der Waals surface area contributed by atoms with Gasteiger partial charge in [-0.3, -0.25) is 0 Å². The van der Waals surface area contributed by atoms with E-state index in [2.05, 4.69) is 16.2 Å². The van der Waals surface area contributed by atoms with Crippen LogP contribution in [0.15, 0.2) is 30.5 Å². The van der Waals surface area contributed by atoms with Crippen molar-refractivity contribution in [3.05, 3.63) is 52.5 Å². The number of nitrogens with zero attached hydrogens (tertiary/aromatic N) is 4. The fraction of sp³-hybridized carbons (Fsp3) is 0.222. The second-order valence-electron chi connectivity index (χ2n) is 5.39. The lowest BCUT2D eigenvalue weighted by atomic mass is 10.2. The molecule has 0 aliphatic carbocycles. The van der Waals surface area contributed by atoms with E-state index in [-0.39, 0.29) is 12.2 Å². The topological polar surface area (TPSA) is 98.7 Å². The summed E-state index contributed by atoms with van der Waals surface area (Å²) >= 11 is 1.28. The Balaban J connectivity index is 2.06. The van der Waals surface area contributed by atoms with Crippen molar-refractivity contribution in [2.24, 2.45) is 0 Å². The molecular weight excluding hydrogens is 368 g/mol. The Bertz CT molecular complexity index is 1060. The minimum absolute atomic E-state index is 0.0782. The highest BCUT2D eigenvalue weighted by Crippen LogP contribution is 2.31. The van der Waals surface area contributed by atoms with Crippen molar-refractivity contribution >= 4 is 27.8 Å². The van der Waals surface area contributed by atoms with Gasteiger partial charge in [-0.1, -0.05) is 23.5 Å². The molecular formula is C18H16N4O4S. The summed E-state index contributed by atoms with van der Waals surface area (Å²) in [4.78, 5) is 17.7. The molecule has 0 aliphatic heterocycles. The Labute approximate surface area is 159 Å². The quantitative estimate of drug-likeness (QED) is 0.366. The predicted molar refractivity (Wildman–Crippen MR) is 98.1 cm³/mol. The molecule has 3 aromatic rings. The first-order valence-electron chi connectivity index (χ1n) is 7.87. The van der Waals surface area contributed by atoms with Gasteiger partial charge in [0.25, 0.3) is 0 Å². The number of para-hydroxylation sites is 1. The minimum Gasteiger partial charge on any atom is -0.503 e. The second kappa shape index (κ2) is 7.88. The van der Waals surface area contributed by atoms with Crippen LogP contribution in [0.25, 0.3) is 10.5 Å². The van der Waals surface area contributed by atoms with E-state index in [9.17, 15) is 10.1 Å². The predicted octanol–water partition coefficient (Wildman–Crippen LogP) is 2.71. The number of nitriles is 1. The Morgan fingerprint density at radius 2 is 2.15 bits per heavy atom. The molecule has 0 N–H and O–H groups in total. The first-order chi connectivity index (χ1) is 13.1. The molecule has 138 valence electrons. The third kappa shape index (κ3) is 3.61. The van der Waals surface area contributed by atoms with Gasteiger partial charge in [0.05, 0.1) is 30.9 Å². The number of methoxy groups -OCH3 is 2. The lowest BCUT2D eigenvalue weighted by Crippen LogP contribution is -2.09. The summed E-state index contributed by atoms with van der Waals surface area (Å²) in [6, 6.07) is 9.01. The van der Waals surface area contributed by atoms with Gasteiger partial charge in [0.15, 0.2) is 0 Å². The van der Waals surface area contributed by atoms with Crippen molar-refractivity contribution in [1.29, 1.82) is 5.26 Å². The van der Waals surface area contributed by atoms with E-state index in [0.29, 0.717) is 32.7 Å². The number of esters is 1. The number of ether oxygens (including phenoxy) is 3. The normalized spacial score (nSPS) is 11.3. The molecule has 0 amide bonds. The molecule has 0 saturated heterocycles.